The van der Waals surface area contributed by atoms with E-state index in [9.17, 15) is 0 Å². The highest BCUT2D eigenvalue weighted by Gasteiger charge is 2.22. The van der Waals surface area contributed by atoms with Gasteiger partial charge in [0.25, 0.3) is 0 Å². The SMILES string of the molecule is Cc1cccc(C(CC2CCC2)NN)c1. The quantitative estimate of drug-likeness (QED) is 0.584. The van der Waals surface area contributed by atoms with Crippen molar-refractivity contribution < 1.29 is 0 Å². The molecule has 1 aliphatic carbocycles. The molecule has 0 aliphatic heterocycles. The molecular formula is C13H20N2. The van der Waals surface area contributed by atoms with Crippen molar-refractivity contribution in [1.82, 2.24) is 5.43 Å². The average molecular weight is 204 g/mol. The number of rotatable bonds is 4. The fraction of sp³-hybridized carbons (Fsp3) is 0.538. The summed E-state index contributed by atoms with van der Waals surface area (Å²) in [5, 5.41) is 0. The van der Waals surface area contributed by atoms with Crippen LogP contribution in [0.5, 0.6) is 0 Å². The van der Waals surface area contributed by atoms with Crippen LogP contribution < -0.4 is 11.3 Å². The molecule has 0 spiro atoms. The molecule has 0 saturated heterocycles. The smallest absolute Gasteiger partial charge is 0.0462 e. The Morgan fingerprint density at radius 3 is 2.80 bits per heavy atom. The van der Waals surface area contributed by atoms with Crippen molar-refractivity contribution in [2.24, 2.45) is 11.8 Å². The number of hydrogen-bond donors (Lipinski definition) is 2. The van der Waals surface area contributed by atoms with Crippen LogP contribution in [-0.4, -0.2) is 0 Å². The minimum atomic E-state index is 0.329. The van der Waals surface area contributed by atoms with Gasteiger partial charge in [0, 0.05) is 6.04 Å². The molecule has 1 aromatic carbocycles. The van der Waals surface area contributed by atoms with E-state index in [0.717, 1.165) is 5.92 Å². The fourth-order valence-electron chi connectivity index (χ4n) is 2.25. The monoisotopic (exact) mass is 204 g/mol. The van der Waals surface area contributed by atoms with Crippen LogP contribution in [0.15, 0.2) is 24.3 Å². The van der Waals surface area contributed by atoms with Crippen LogP contribution in [0.4, 0.5) is 0 Å². The summed E-state index contributed by atoms with van der Waals surface area (Å²) in [7, 11) is 0. The third-order valence-corrected chi connectivity index (χ3v) is 3.44. The topological polar surface area (TPSA) is 38.0 Å². The summed E-state index contributed by atoms with van der Waals surface area (Å²) < 4.78 is 0. The van der Waals surface area contributed by atoms with E-state index in [4.69, 9.17) is 5.84 Å². The first-order chi connectivity index (χ1) is 7.29. The van der Waals surface area contributed by atoms with Gasteiger partial charge in [-0.05, 0) is 24.8 Å². The van der Waals surface area contributed by atoms with Crippen LogP contribution >= 0.6 is 0 Å². The molecule has 0 heterocycles. The Hall–Kier alpha value is -0.860. The largest absolute Gasteiger partial charge is 0.271 e. The van der Waals surface area contributed by atoms with Gasteiger partial charge in [0.2, 0.25) is 0 Å². The Kier molecular flexibility index (Phi) is 3.39. The lowest BCUT2D eigenvalue weighted by Crippen LogP contribution is -2.31. The Labute approximate surface area is 91.8 Å². The summed E-state index contributed by atoms with van der Waals surface area (Å²) in [6.45, 7) is 2.13. The van der Waals surface area contributed by atoms with Crippen molar-refractivity contribution in [2.45, 2.75) is 38.6 Å². The lowest BCUT2D eigenvalue weighted by Gasteiger charge is -2.29. The van der Waals surface area contributed by atoms with Crippen LogP contribution in [-0.2, 0) is 0 Å². The van der Waals surface area contributed by atoms with Crippen LogP contribution in [0, 0.1) is 12.8 Å². The molecule has 2 heteroatoms. The summed E-state index contributed by atoms with van der Waals surface area (Å²) in [6.07, 6.45) is 5.34. The number of nitrogens with one attached hydrogen (secondary N) is 1. The Balaban J connectivity index is 2.04. The highest BCUT2D eigenvalue weighted by atomic mass is 15.2. The number of nitrogens with two attached hydrogens (primary N) is 1. The third-order valence-electron chi connectivity index (χ3n) is 3.44. The van der Waals surface area contributed by atoms with Gasteiger partial charge in [-0.1, -0.05) is 49.1 Å². The first-order valence-electron chi connectivity index (χ1n) is 5.82. The zero-order chi connectivity index (χ0) is 10.7. The van der Waals surface area contributed by atoms with Gasteiger partial charge in [-0.15, -0.1) is 0 Å². The third kappa shape index (κ3) is 2.58. The molecule has 82 valence electrons. The second kappa shape index (κ2) is 4.77. The van der Waals surface area contributed by atoms with Crippen LogP contribution in [0.1, 0.15) is 42.9 Å². The van der Waals surface area contributed by atoms with Crippen molar-refractivity contribution in [1.29, 1.82) is 0 Å². The van der Waals surface area contributed by atoms with E-state index in [1.165, 1.54) is 36.8 Å². The van der Waals surface area contributed by atoms with Crippen LogP contribution in [0.25, 0.3) is 0 Å². The normalized spacial score (nSPS) is 18.5. The summed E-state index contributed by atoms with van der Waals surface area (Å²) in [6, 6.07) is 8.95. The van der Waals surface area contributed by atoms with E-state index in [1.54, 1.807) is 0 Å². The molecule has 2 rings (SSSR count). The van der Waals surface area contributed by atoms with Crippen molar-refractivity contribution in [3.63, 3.8) is 0 Å². The molecular weight excluding hydrogens is 184 g/mol. The van der Waals surface area contributed by atoms with Gasteiger partial charge >= 0.3 is 0 Å². The number of hydrazine groups is 1. The summed E-state index contributed by atoms with van der Waals surface area (Å²) in [5.74, 6) is 6.51. The minimum Gasteiger partial charge on any atom is -0.271 e. The first-order valence-corrected chi connectivity index (χ1v) is 5.82. The molecule has 3 N–H and O–H groups in total. The molecule has 0 amide bonds. The number of hydrogen-bond acceptors (Lipinski definition) is 2. The van der Waals surface area contributed by atoms with Crippen molar-refractivity contribution in [3.05, 3.63) is 35.4 Å². The summed E-state index contributed by atoms with van der Waals surface area (Å²) >= 11 is 0. The lowest BCUT2D eigenvalue weighted by atomic mass is 9.79. The minimum absolute atomic E-state index is 0.329. The summed E-state index contributed by atoms with van der Waals surface area (Å²) in [5.41, 5.74) is 5.58. The van der Waals surface area contributed by atoms with Crippen LogP contribution in [0.3, 0.4) is 0 Å². The molecule has 1 fully saturated rings. The molecule has 0 aromatic heterocycles. The zero-order valence-electron chi connectivity index (χ0n) is 9.37. The molecule has 2 nitrogen and oxygen atoms in total. The zero-order valence-corrected chi connectivity index (χ0v) is 9.37. The molecule has 15 heavy (non-hydrogen) atoms. The van der Waals surface area contributed by atoms with Crippen molar-refractivity contribution in [3.8, 4) is 0 Å². The van der Waals surface area contributed by atoms with E-state index in [-0.39, 0.29) is 0 Å². The van der Waals surface area contributed by atoms with E-state index in [2.05, 4.69) is 36.6 Å². The van der Waals surface area contributed by atoms with Gasteiger partial charge in [0.1, 0.15) is 0 Å². The predicted molar refractivity (Wildman–Crippen MR) is 63.2 cm³/mol. The standard InChI is InChI=1S/C13H20N2/c1-10-4-2-7-12(8-10)13(15-14)9-11-5-3-6-11/h2,4,7-8,11,13,15H,3,5-6,9,14H2,1H3. The Bertz CT molecular complexity index is 318. The fourth-order valence-corrected chi connectivity index (χ4v) is 2.25. The lowest BCUT2D eigenvalue weighted by molar-refractivity contribution is 0.262. The second-order valence-corrected chi connectivity index (χ2v) is 4.67. The van der Waals surface area contributed by atoms with Crippen molar-refractivity contribution >= 4 is 0 Å². The van der Waals surface area contributed by atoms with Gasteiger partial charge in [0.15, 0.2) is 0 Å². The number of benzene rings is 1. The molecule has 1 aliphatic rings. The van der Waals surface area contributed by atoms with Gasteiger partial charge < -0.3 is 0 Å². The van der Waals surface area contributed by atoms with Crippen LogP contribution in [0.2, 0.25) is 0 Å². The predicted octanol–water partition coefficient (Wildman–Crippen LogP) is 2.69. The van der Waals surface area contributed by atoms with E-state index in [0.29, 0.717) is 6.04 Å². The maximum atomic E-state index is 5.63. The number of aryl methyl sites for hydroxylation is 1. The Morgan fingerprint density at radius 2 is 2.27 bits per heavy atom. The van der Waals surface area contributed by atoms with E-state index in [1.807, 2.05) is 0 Å². The maximum absolute atomic E-state index is 5.63. The summed E-state index contributed by atoms with van der Waals surface area (Å²) in [4.78, 5) is 0. The van der Waals surface area contributed by atoms with Gasteiger partial charge in [-0.3, -0.25) is 11.3 Å². The van der Waals surface area contributed by atoms with Crippen molar-refractivity contribution in [2.75, 3.05) is 0 Å². The van der Waals surface area contributed by atoms with Gasteiger partial charge in [-0.25, -0.2) is 0 Å². The average Bonchev–Trinajstić information content (AvgIpc) is 2.16. The highest BCUT2D eigenvalue weighted by molar-refractivity contribution is 5.25. The Morgan fingerprint density at radius 1 is 1.47 bits per heavy atom. The molecule has 1 atom stereocenters. The highest BCUT2D eigenvalue weighted by Crippen LogP contribution is 2.34. The molecule has 1 aromatic rings. The molecule has 0 bridgehead atoms. The van der Waals surface area contributed by atoms with E-state index < -0.39 is 0 Å². The first kappa shape index (κ1) is 10.7. The van der Waals surface area contributed by atoms with Gasteiger partial charge in [-0.2, -0.15) is 0 Å². The molecule has 1 saturated carbocycles. The van der Waals surface area contributed by atoms with E-state index >= 15 is 0 Å². The second-order valence-electron chi connectivity index (χ2n) is 4.67. The molecule has 1 unspecified atom stereocenters. The van der Waals surface area contributed by atoms with Gasteiger partial charge in [0.05, 0.1) is 0 Å². The molecule has 0 radical (unpaired) electrons. The maximum Gasteiger partial charge on any atom is 0.0462 e.